The molecule has 0 unspecified atom stereocenters. The van der Waals surface area contributed by atoms with Gasteiger partial charge in [0.2, 0.25) is 10.0 Å². The van der Waals surface area contributed by atoms with Crippen molar-refractivity contribution in [1.82, 2.24) is 0 Å². The molecule has 2 heterocycles. The third-order valence-corrected chi connectivity index (χ3v) is 6.75. The van der Waals surface area contributed by atoms with E-state index in [4.69, 9.17) is 5.14 Å². The molecule has 2 aromatic carbocycles. The Morgan fingerprint density at radius 2 is 1.82 bits per heavy atom. The van der Waals surface area contributed by atoms with E-state index in [1.807, 2.05) is 0 Å². The van der Waals surface area contributed by atoms with Gasteiger partial charge in [-0.1, -0.05) is 18.2 Å². The maximum Gasteiger partial charge on any atom is 0.238 e. The van der Waals surface area contributed by atoms with E-state index in [0.717, 1.165) is 51.1 Å². The van der Waals surface area contributed by atoms with E-state index >= 15 is 0 Å². The molecule has 0 aromatic heterocycles. The summed E-state index contributed by atoms with van der Waals surface area (Å²) in [5.74, 6) is 0.622. The summed E-state index contributed by atoms with van der Waals surface area (Å²) in [6.45, 7) is 3.89. The second-order valence-corrected chi connectivity index (χ2v) is 9.15. The van der Waals surface area contributed by atoms with E-state index in [1.165, 1.54) is 23.4 Å². The van der Waals surface area contributed by atoms with Crippen LogP contribution in [0.1, 0.15) is 24.0 Å². The van der Waals surface area contributed by atoms with Gasteiger partial charge in [0.1, 0.15) is 6.07 Å². The first-order valence-electron chi connectivity index (χ1n) is 9.60. The van der Waals surface area contributed by atoms with Gasteiger partial charge in [0.15, 0.2) is 0 Å². The summed E-state index contributed by atoms with van der Waals surface area (Å²) in [4.78, 5) is 4.66. The minimum Gasteiger partial charge on any atom is -0.371 e. The van der Waals surface area contributed by atoms with E-state index in [0.29, 0.717) is 11.5 Å². The summed E-state index contributed by atoms with van der Waals surface area (Å²) in [6.07, 6.45) is 3.23. The molecule has 4 rings (SSSR count). The van der Waals surface area contributed by atoms with Crippen LogP contribution >= 0.6 is 0 Å². The Balaban J connectivity index is 1.42. The number of nitrogens with zero attached hydrogens (tertiary/aromatic N) is 3. The molecular weight excluding hydrogens is 372 g/mol. The van der Waals surface area contributed by atoms with Crippen LogP contribution in [0.25, 0.3) is 0 Å². The molecular formula is C21H24N4O2S. The fourth-order valence-electron chi connectivity index (χ4n) is 4.32. The Labute approximate surface area is 166 Å². The Morgan fingerprint density at radius 1 is 1.07 bits per heavy atom. The summed E-state index contributed by atoms with van der Waals surface area (Å²) < 4.78 is 23.1. The molecule has 0 bridgehead atoms. The van der Waals surface area contributed by atoms with Crippen LogP contribution < -0.4 is 14.9 Å². The van der Waals surface area contributed by atoms with Crippen molar-refractivity contribution in [3.63, 3.8) is 0 Å². The van der Waals surface area contributed by atoms with Crippen molar-refractivity contribution < 1.29 is 8.42 Å². The van der Waals surface area contributed by atoms with Crippen molar-refractivity contribution in [3.8, 4) is 6.07 Å². The lowest BCUT2D eigenvalue weighted by molar-refractivity contribution is 0.405. The van der Waals surface area contributed by atoms with E-state index in [9.17, 15) is 13.7 Å². The summed E-state index contributed by atoms with van der Waals surface area (Å²) >= 11 is 0. The zero-order chi connectivity index (χ0) is 19.7. The number of nitrogens with two attached hydrogens (primary N) is 1. The van der Waals surface area contributed by atoms with Crippen molar-refractivity contribution in [1.29, 1.82) is 5.26 Å². The lowest BCUT2D eigenvalue weighted by Gasteiger charge is -2.36. The summed E-state index contributed by atoms with van der Waals surface area (Å²) in [5, 5.41) is 14.6. The van der Waals surface area contributed by atoms with Crippen LogP contribution in [-0.2, 0) is 16.4 Å². The molecule has 2 aromatic rings. The van der Waals surface area contributed by atoms with Crippen LogP contribution in [-0.4, -0.2) is 34.6 Å². The number of nitriles is 1. The monoisotopic (exact) mass is 396 g/mol. The predicted octanol–water partition coefficient (Wildman–Crippen LogP) is 2.48. The first-order chi connectivity index (χ1) is 13.5. The molecule has 0 atom stereocenters. The summed E-state index contributed by atoms with van der Waals surface area (Å²) in [7, 11) is -3.80. The first-order valence-corrected chi connectivity index (χ1v) is 11.1. The van der Waals surface area contributed by atoms with Crippen molar-refractivity contribution in [2.24, 2.45) is 11.1 Å². The van der Waals surface area contributed by atoms with E-state index in [-0.39, 0.29) is 4.90 Å². The highest BCUT2D eigenvalue weighted by Crippen LogP contribution is 2.32. The molecule has 0 spiro atoms. The SMILES string of the molecule is N#Cc1cc(S(N)(=O)=O)ccc1N1CCC(CN2CCc3ccccc32)CC1. The van der Waals surface area contributed by atoms with Gasteiger partial charge in [-0.2, -0.15) is 5.26 Å². The molecule has 7 heteroatoms. The number of benzene rings is 2. The van der Waals surface area contributed by atoms with Crippen molar-refractivity contribution >= 4 is 21.4 Å². The minimum atomic E-state index is -3.80. The number of rotatable bonds is 4. The lowest BCUT2D eigenvalue weighted by Crippen LogP contribution is -2.38. The quantitative estimate of drug-likeness (QED) is 0.857. The summed E-state index contributed by atoms with van der Waals surface area (Å²) in [5.41, 5.74) is 3.96. The second kappa shape index (κ2) is 7.46. The maximum absolute atomic E-state index is 11.5. The molecule has 146 valence electrons. The number of sulfonamides is 1. The Kier molecular flexibility index (Phi) is 5.00. The molecule has 1 saturated heterocycles. The topological polar surface area (TPSA) is 90.4 Å². The van der Waals surface area contributed by atoms with Gasteiger partial charge in [-0.15, -0.1) is 0 Å². The number of hydrogen-bond donors (Lipinski definition) is 1. The number of primary sulfonamides is 1. The molecule has 2 aliphatic heterocycles. The lowest BCUT2D eigenvalue weighted by atomic mass is 9.95. The minimum absolute atomic E-state index is 0.0182. The van der Waals surface area contributed by atoms with Crippen LogP contribution in [0.5, 0.6) is 0 Å². The highest BCUT2D eigenvalue weighted by Gasteiger charge is 2.26. The maximum atomic E-state index is 11.5. The van der Waals surface area contributed by atoms with Gasteiger partial charge in [-0.25, -0.2) is 13.6 Å². The van der Waals surface area contributed by atoms with Gasteiger partial charge in [0.25, 0.3) is 0 Å². The molecule has 0 amide bonds. The molecule has 6 nitrogen and oxygen atoms in total. The van der Waals surface area contributed by atoms with Crippen molar-refractivity contribution in [2.75, 3.05) is 36.0 Å². The third-order valence-electron chi connectivity index (χ3n) is 5.83. The molecule has 28 heavy (non-hydrogen) atoms. The van der Waals surface area contributed by atoms with Crippen LogP contribution in [0.2, 0.25) is 0 Å². The van der Waals surface area contributed by atoms with E-state index in [1.54, 1.807) is 6.07 Å². The fourth-order valence-corrected chi connectivity index (χ4v) is 4.86. The van der Waals surface area contributed by atoms with Gasteiger partial charge >= 0.3 is 0 Å². The number of para-hydroxylation sites is 1. The highest BCUT2D eigenvalue weighted by atomic mass is 32.2. The van der Waals surface area contributed by atoms with Gasteiger partial charge in [-0.3, -0.25) is 0 Å². The van der Waals surface area contributed by atoms with E-state index in [2.05, 4.69) is 40.1 Å². The molecule has 0 radical (unpaired) electrons. The average Bonchev–Trinajstić information content (AvgIpc) is 3.10. The second-order valence-electron chi connectivity index (χ2n) is 7.59. The van der Waals surface area contributed by atoms with Crippen LogP contribution in [0.3, 0.4) is 0 Å². The highest BCUT2D eigenvalue weighted by molar-refractivity contribution is 7.89. The summed E-state index contributed by atoms with van der Waals surface area (Å²) in [6, 6.07) is 15.3. The van der Waals surface area contributed by atoms with Crippen LogP contribution in [0, 0.1) is 17.2 Å². The Morgan fingerprint density at radius 3 is 2.54 bits per heavy atom. The molecule has 2 aliphatic rings. The smallest absolute Gasteiger partial charge is 0.238 e. The third kappa shape index (κ3) is 3.71. The first kappa shape index (κ1) is 18.8. The van der Waals surface area contributed by atoms with Crippen LogP contribution in [0.15, 0.2) is 47.4 Å². The van der Waals surface area contributed by atoms with Crippen molar-refractivity contribution in [3.05, 3.63) is 53.6 Å². The molecule has 2 N–H and O–H groups in total. The van der Waals surface area contributed by atoms with Crippen LogP contribution in [0.4, 0.5) is 11.4 Å². The normalized spacial score (nSPS) is 17.4. The predicted molar refractivity (Wildman–Crippen MR) is 110 cm³/mol. The van der Waals surface area contributed by atoms with Crippen molar-refractivity contribution in [2.45, 2.75) is 24.2 Å². The standard InChI is InChI=1S/C21H24N4O2S/c22-14-18-13-19(28(23,26)27)5-6-21(18)24-10-7-16(8-11-24)15-25-12-9-17-3-1-2-4-20(17)25/h1-6,13,16H,7-12,15H2,(H2,23,26,27). The van der Waals surface area contributed by atoms with Gasteiger partial charge in [-0.05, 0) is 55.0 Å². The van der Waals surface area contributed by atoms with Gasteiger partial charge < -0.3 is 9.80 Å². The number of hydrogen-bond acceptors (Lipinski definition) is 5. The Bertz CT molecular complexity index is 1020. The largest absolute Gasteiger partial charge is 0.371 e. The molecule has 0 saturated carbocycles. The van der Waals surface area contributed by atoms with Gasteiger partial charge in [0.05, 0.1) is 16.1 Å². The zero-order valence-corrected chi connectivity index (χ0v) is 16.5. The number of anilines is 2. The zero-order valence-electron chi connectivity index (χ0n) is 15.7. The fraction of sp³-hybridized carbons (Fsp3) is 0.381. The van der Waals surface area contributed by atoms with Gasteiger partial charge in [0, 0.05) is 31.9 Å². The molecule has 0 aliphatic carbocycles. The van der Waals surface area contributed by atoms with E-state index < -0.39 is 10.0 Å². The number of fused-ring (bicyclic) bond motifs is 1. The average molecular weight is 397 g/mol. The molecule has 1 fully saturated rings. The Hall–Kier alpha value is -2.56. The number of piperidine rings is 1.